The Hall–Kier alpha value is -1.54. The van der Waals surface area contributed by atoms with E-state index in [9.17, 15) is 14.3 Å². The Kier molecular flexibility index (Phi) is 38.5. The highest BCUT2D eigenvalue weighted by atomic mass is 31.2. The molecular weight excluding hydrogens is 661 g/mol. The first-order chi connectivity index (χ1) is 24.9. The van der Waals surface area contributed by atoms with Crippen LogP contribution in [0.15, 0.2) is 48.6 Å². The van der Waals surface area contributed by atoms with Gasteiger partial charge in [0, 0.05) is 19.6 Å². The number of nitrogens with two attached hydrogens (primary N) is 1. The molecule has 0 spiro atoms. The van der Waals surface area contributed by atoms with Crippen molar-refractivity contribution < 1.29 is 32.8 Å². The van der Waals surface area contributed by atoms with Crippen LogP contribution in [0.25, 0.3) is 0 Å². The van der Waals surface area contributed by atoms with Gasteiger partial charge in [-0.3, -0.25) is 13.8 Å². The molecule has 0 saturated carbocycles. The minimum atomic E-state index is -4.28. The molecule has 9 heteroatoms. The largest absolute Gasteiger partial charge is 0.472 e. The van der Waals surface area contributed by atoms with Crippen molar-refractivity contribution >= 4 is 13.8 Å². The van der Waals surface area contributed by atoms with E-state index in [4.69, 9.17) is 24.3 Å². The summed E-state index contributed by atoms with van der Waals surface area (Å²) in [6.07, 6.45) is 45.5. The minimum Gasteiger partial charge on any atom is -0.457 e. The Bertz CT molecular complexity index is 921. The normalized spacial score (nSPS) is 14.0. The van der Waals surface area contributed by atoms with Crippen LogP contribution in [0.4, 0.5) is 0 Å². The van der Waals surface area contributed by atoms with Gasteiger partial charge >= 0.3 is 13.8 Å². The van der Waals surface area contributed by atoms with E-state index in [-0.39, 0.29) is 32.3 Å². The van der Waals surface area contributed by atoms with E-state index in [1.807, 2.05) is 0 Å². The van der Waals surface area contributed by atoms with Crippen LogP contribution in [0.5, 0.6) is 0 Å². The van der Waals surface area contributed by atoms with Gasteiger partial charge in [-0.2, -0.15) is 0 Å². The highest BCUT2D eigenvalue weighted by molar-refractivity contribution is 7.47. The predicted octanol–water partition coefficient (Wildman–Crippen LogP) is 12.0. The van der Waals surface area contributed by atoms with Crippen LogP contribution < -0.4 is 5.73 Å². The van der Waals surface area contributed by atoms with Crippen molar-refractivity contribution in [2.75, 3.05) is 33.0 Å². The Morgan fingerprint density at radius 1 is 0.588 bits per heavy atom. The van der Waals surface area contributed by atoms with Gasteiger partial charge in [0.2, 0.25) is 0 Å². The lowest BCUT2D eigenvalue weighted by Gasteiger charge is -2.20. The molecule has 0 aliphatic rings. The number of allylic oxidation sites excluding steroid dienone is 8. The number of hydrogen-bond acceptors (Lipinski definition) is 7. The van der Waals surface area contributed by atoms with E-state index in [1.54, 1.807) is 0 Å². The monoisotopic (exact) mass is 740 g/mol. The second-order valence-corrected chi connectivity index (χ2v) is 14.9. The highest BCUT2D eigenvalue weighted by Crippen LogP contribution is 2.43. The number of unbranched alkanes of at least 4 members (excludes halogenated alkanes) is 18. The van der Waals surface area contributed by atoms with Gasteiger partial charge in [-0.25, -0.2) is 4.57 Å². The zero-order valence-electron chi connectivity index (χ0n) is 32.8. The first kappa shape index (κ1) is 49.5. The van der Waals surface area contributed by atoms with Crippen molar-refractivity contribution in [3.63, 3.8) is 0 Å². The smallest absolute Gasteiger partial charge is 0.457 e. The van der Waals surface area contributed by atoms with Gasteiger partial charge in [0.05, 0.1) is 19.8 Å². The van der Waals surface area contributed by atoms with Gasteiger partial charge in [0.15, 0.2) is 0 Å². The molecule has 0 aliphatic carbocycles. The third kappa shape index (κ3) is 39.5. The van der Waals surface area contributed by atoms with E-state index in [2.05, 4.69) is 62.5 Å². The Morgan fingerprint density at radius 2 is 1.08 bits per heavy atom. The van der Waals surface area contributed by atoms with Crippen molar-refractivity contribution in [3.8, 4) is 0 Å². The molecule has 3 N–H and O–H groups in total. The number of carbonyl (C=O) groups is 1. The maximum atomic E-state index is 12.5. The lowest BCUT2D eigenvalue weighted by Crippen LogP contribution is -2.28. The van der Waals surface area contributed by atoms with E-state index >= 15 is 0 Å². The summed E-state index contributed by atoms with van der Waals surface area (Å²) in [7, 11) is -4.28. The summed E-state index contributed by atoms with van der Waals surface area (Å²) in [4.78, 5) is 22.4. The lowest BCUT2D eigenvalue weighted by atomic mass is 10.1. The van der Waals surface area contributed by atoms with Gasteiger partial charge in [-0.1, -0.05) is 146 Å². The molecule has 0 aromatic rings. The molecule has 51 heavy (non-hydrogen) atoms. The fraction of sp³-hybridized carbons (Fsp3) is 0.786. The zero-order valence-corrected chi connectivity index (χ0v) is 33.7. The molecule has 0 saturated heterocycles. The van der Waals surface area contributed by atoms with Gasteiger partial charge in [0.25, 0.3) is 0 Å². The predicted molar refractivity (Wildman–Crippen MR) is 215 cm³/mol. The first-order valence-electron chi connectivity index (χ1n) is 20.6. The van der Waals surface area contributed by atoms with Crippen LogP contribution in [-0.2, 0) is 27.9 Å². The molecule has 298 valence electrons. The number of carbonyl (C=O) groups excluding carboxylic acids is 1. The summed E-state index contributed by atoms with van der Waals surface area (Å²) < 4.78 is 33.3. The summed E-state index contributed by atoms with van der Waals surface area (Å²) >= 11 is 0. The van der Waals surface area contributed by atoms with Crippen molar-refractivity contribution in [2.24, 2.45) is 5.73 Å². The topological polar surface area (TPSA) is 117 Å². The van der Waals surface area contributed by atoms with E-state index in [1.165, 1.54) is 83.5 Å². The Balaban J connectivity index is 4.06. The van der Waals surface area contributed by atoms with Gasteiger partial charge < -0.3 is 20.1 Å². The van der Waals surface area contributed by atoms with Gasteiger partial charge in [-0.05, 0) is 70.6 Å². The SMILES string of the molecule is CCC/C=C\C/C=C\CCCCCCCC(=O)OC(COCCCCCCCCCC/C=C\C/C=C\CCCCCC)COP(=O)(O)OCCN. The molecule has 0 radical (unpaired) electrons. The first-order valence-corrected chi connectivity index (χ1v) is 22.1. The second kappa shape index (κ2) is 39.7. The molecule has 0 rings (SSSR count). The maximum absolute atomic E-state index is 12.5. The van der Waals surface area contributed by atoms with Crippen LogP contribution >= 0.6 is 7.82 Å². The number of phosphoric ester groups is 1. The van der Waals surface area contributed by atoms with Crippen LogP contribution in [-0.4, -0.2) is 49.9 Å². The van der Waals surface area contributed by atoms with Crippen LogP contribution in [0.1, 0.15) is 174 Å². The third-order valence-corrected chi connectivity index (χ3v) is 9.43. The molecule has 0 fully saturated rings. The Morgan fingerprint density at radius 3 is 1.61 bits per heavy atom. The van der Waals surface area contributed by atoms with Crippen molar-refractivity contribution in [3.05, 3.63) is 48.6 Å². The van der Waals surface area contributed by atoms with Crippen molar-refractivity contribution in [2.45, 2.75) is 180 Å². The number of rotatable bonds is 39. The molecule has 0 aliphatic heterocycles. The molecule has 2 atom stereocenters. The molecule has 0 aromatic carbocycles. The van der Waals surface area contributed by atoms with Crippen molar-refractivity contribution in [1.29, 1.82) is 0 Å². The molecule has 0 aromatic heterocycles. The van der Waals surface area contributed by atoms with Crippen molar-refractivity contribution in [1.82, 2.24) is 0 Å². The number of esters is 1. The lowest BCUT2D eigenvalue weighted by molar-refractivity contribution is -0.154. The Labute approximate surface area is 313 Å². The average molecular weight is 740 g/mol. The van der Waals surface area contributed by atoms with E-state index in [0.717, 1.165) is 70.6 Å². The minimum absolute atomic E-state index is 0.0953. The highest BCUT2D eigenvalue weighted by Gasteiger charge is 2.25. The van der Waals surface area contributed by atoms with Crippen LogP contribution in [0, 0.1) is 0 Å². The summed E-state index contributed by atoms with van der Waals surface area (Å²) in [5.74, 6) is -0.349. The molecule has 2 unspecified atom stereocenters. The van der Waals surface area contributed by atoms with E-state index < -0.39 is 13.9 Å². The fourth-order valence-corrected chi connectivity index (χ4v) is 6.18. The number of phosphoric acid groups is 1. The zero-order chi connectivity index (χ0) is 37.4. The van der Waals surface area contributed by atoms with E-state index in [0.29, 0.717) is 13.0 Å². The molecule has 0 heterocycles. The molecule has 0 bridgehead atoms. The number of hydrogen-bond donors (Lipinski definition) is 2. The molecule has 8 nitrogen and oxygen atoms in total. The van der Waals surface area contributed by atoms with Crippen LogP contribution in [0.3, 0.4) is 0 Å². The summed E-state index contributed by atoms with van der Waals surface area (Å²) in [6, 6.07) is 0. The summed E-state index contributed by atoms with van der Waals surface area (Å²) in [5, 5.41) is 0. The average Bonchev–Trinajstić information content (AvgIpc) is 3.12. The standard InChI is InChI=1S/C42H78NO7P/c1-3-5-7-9-11-13-15-17-18-19-20-21-22-24-26-28-30-32-34-37-47-39-41(40-49-51(45,46)48-38-36-43)50-42(44)35-33-31-29-27-25-23-16-14-12-10-8-6-4-2/h8,10,13-16,18-19,41H,3-7,9,11-12,17,20-40,43H2,1-2H3,(H,45,46)/b10-8-,15-13-,16-14-,19-18-. The summed E-state index contributed by atoms with van der Waals surface area (Å²) in [5.41, 5.74) is 5.36. The maximum Gasteiger partial charge on any atom is 0.472 e. The van der Waals surface area contributed by atoms with Gasteiger partial charge in [0.1, 0.15) is 6.10 Å². The quantitative estimate of drug-likeness (QED) is 0.0277. The fourth-order valence-electron chi connectivity index (χ4n) is 5.42. The third-order valence-electron chi connectivity index (χ3n) is 8.45. The van der Waals surface area contributed by atoms with Gasteiger partial charge in [-0.15, -0.1) is 0 Å². The second-order valence-electron chi connectivity index (χ2n) is 13.5. The number of ether oxygens (including phenoxy) is 2. The molecular formula is C42H78NO7P. The van der Waals surface area contributed by atoms with Crippen LogP contribution in [0.2, 0.25) is 0 Å². The summed E-state index contributed by atoms with van der Waals surface area (Å²) in [6.45, 7) is 4.80. The molecule has 0 amide bonds.